The summed E-state index contributed by atoms with van der Waals surface area (Å²) in [5.74, 6) is 0.0917. The van der Waals surface area contributed by atoms with Crippen LogP contribution in [0.25, 0.3) is 0 Å². The van der Waals surface area contributed by atoms with Crippen LogP contribution in [0.15, 0.2) is 60.1 Å². The average molecular weight is 380 g/mol. The molecule has 0 saturated carbocycles. The van der Waals surface area contributed by atoms with Crippen molar-refractivity contribution in [3.63, 3.8) is 0 Å². The Bertz CT molecular complexity index is 900. The Kier molecular flexibility index (Phi) is 5.41. The molecule has 5 heteroatoms. The van der Waals surface area contributed by atoms with Gasteiger partial charge in [0.15, 0.2) is 0 Å². The summed E-state index contributed by atoms with van der Waals surface area (Å²) in [5.41, 5.74) is 4.08. The fourth-order valence-electron chi connectivity index (χ4n) is 3.87. The van der Waals surface area contributed by atoms with E-state index in [0.29, 0.717) is 13.0 Å². The Morgan fingerprint density at radius 3 is 2.74 bits per heavy atom. The highest BCUT2D eigenvalue weighted by Crippen LogP contribution is 2.27. The minimum absolute atomic E-state index is 0.0917. The lowest BCUT2D eigenvalue weighted by Gasteiger charge is -2.36. The van der Waals surface area contributed by atoms with E-state index in [1.54, 1.807) is 11.3 Å². The van der Waals surface area contributed by atoms with Gasteiger partial charge in [-0.2, -0.15) is 0 Å². The number of nitrogens with one attached hydrogen (secondary N) is 1. The molecule has 3 heterocycles. The summed E-state index contributed by atoms with van der Waals surface area (Å²) in [6.45, 7) is 2.56. The first-order valence-corrected chi connectivity index (χ1v) is 10.3. The maximum atomic E-state index is 12.4. The van der Waals surface area contributed by atoms with E-state index in [1.807, 2.05) is 17.5 Å². The number of aromatic nitrogens is 1. The van der Waals surface area contributed by atoms with Crippen molar-refractivity contribution < 1.29 is 4.79 Å². The van der Waals surface area contributed by atoms with E-state index >= 15 is 0 Å². The molecule has 0 spiro atoms. The van der Waals surface area contributed by atoms with Gasteiger partial charge >= 0.3 is 0 Å². The Labute approximate surface area is 164 Å². The molecule has 0 unspecified atom stereocenters. The van der Waals surface area contributed by atoms with Crippen LogP contribution < -0.4 is 5.32 Å². The molecule has 2 aromatic heterocycles. The number of hydrogen-bond donors (Lipinski definition) is 1. The van der Waals surface area contributed by atoms with E-state index in [-0.39, 0.29) is 11.9 Å². The van der Waals surface area contributed by atoms with E-state index in [1.165, 1.54) is 16.8 Å². The predicted molar refractivity (Wildman–Crippen MR) is 110 cm³/mol. The predicted octanol–water partition coefficient (Wildman–Crippen LogP) is 3.54. The highest BCUT2D eigenvalue weighted by Gasteiger charge is 2.26. The first-order chi connectivity index (χ1) is 13.2. The van der Waals surface area contributed by atoms with E-state index in [4.69, 9.17) is 0 Å². The molecular weight excluding hydrogens is 354 g/mol. The lowest BCUT2D eigenvalue weighted by atomic mass is 9.98. The van der Waals surface area contributed by atoms with E-state index in [9.17, 15) is 4.79 Å². The molecule has 1 N–H and O–H groups in total. The molecule has 1 aliphatic rings. The molecule has 140 valence electrons. The van der Waals surface area contributed by atoms with Crippen molar-refractivity contribution in [2.45, 2.75) is 25.4 Å². The van der Waals surface area contributed by atoms with Crippen molar-refractivity contribution in [1.82, 2.24) is 14.8 Å². The van der Waals surface area contributed by atoms with Crippen molar-refractivity contribution in [2.24, 2.45) is 7.05 Å². The second kappa shape index (κ2) is 8.11. The first kappa shape index (κ1) is 18.0. The molecule has 1 aliphatic heterocycles. The minimum atomic E-state index is 0.0917. The fraction of sp³-hybridized carbons (Fsp3) is 0.318. The van der Waals surface area contributed by atoms with Crippen molar-refractivity contribution in [3.8, 4) is 0 Å². The van der Waals surface area contributed by atoms with Gasteiger partial charge in [0.2, 0.25) is 5.91 Å². The zero-order valence-corrected chi connectivity index (χ0v) is 16.4. The zero-order chi connectivity index (χ0) is 18.6. The van der Waals surface area contributed by atoms with Crippen LogP contribution in [-0.4, -0.2) is 28.5 Å². The molecule has 3 aromatic rings. The summed E-state index contributed by atoms with van der Waals surface area (Å²) in [4.78, 5) is 16.0. The number of carbonyl (C=O) groups excluding carboxylic acids is 1. The summed E-state index contributed by atoms with van der Waals surface area (Å²) < 4.78 is 2.16. The maximum Gasteiger partial charge on any atom is 0.225 e. The fourth-order valence-corrected chi connectivity index (χ4v) is 4.57. The van der Waals surface area contributed by atoms with Crippen LogP contribution in [0.3, 0.4) is 0 Å². The normalized spacial score (nSPS) is 15.3. The van der Waals surface area contributed by atoms with Gasteiger partial charge in [0.05, 0.1) is 12.5 Å². The second-order valence-corrected chi connectivity index (χ2v) is 8.14. The van der Waals surface area contributed by atoms with Crippen LogP contribution in [0.5, 0.6) is 0 Å². The number of nitrogens with zero attached hydrogens (tertiary/aromatic N) is 2. The highest BCUT2D eigenvalue weighted by molar-refractivity contribution is 7.10. The molecule has 0 aliphatic carbocycles. The number of rotatable bonds is 6. The quantitative estimate of drug-likeness (QED) is 0.711. The molecule has 1 amide bonds. The van der Waals surface area contributed by atoms with Crippen LogP contribution >= 0.6 is 11.3 Å². The minimum Gasteiger partial charge on any atom is -0.354 e. The van der Waals surface area contributed by atoms with Crippen molar-refractivity contribution in [3.05, 3.63) is 81.8 Å². The lowest BCUT2D eigenvalue weighted by Crippen LogP contribution is -2.41. The Morgan fingerprint density at radius 1 is 1.15 bits per heavy atom. The van der Waals surface area contributed by atoms with Crippen LogP contribution in [0.2, 0.25) is 0 Å². The number of fused-ring (bicyclic) bond motifs is 1. The number of hydrogen-bond acceptors (Lipinski definition) is 3. The van der Waals surface area contributed by atoms with Gasteiger partial charge in [-0.05, 0) is 41.1 Å². The molecular formula is C22H25N3OS. The van der Waals surface area contributed by atoms with Crippen LogP contribution in [0.1, 0.15) is 27.7 Å². The van der Waals surface area contributed by atoms with Crippen LogP contribution in [0.4, 0.5) is 0 Å². The summed E-state index contributed by atoms with van der Waals surface area (Å²) in [5, 5.41) is 5.18. The van der Waals surface area contributed by atoms with Crippen LogP contribution in [-0.2, 0) is 31.2 Å². The monoisotopic (exact) mass is 379 g/mol. The SMILES string of the molecule is Cn1cccc1[C@@H](CNC(=O)Cc1cccs1)N1CCc2ccccc2C1. The van der Waals surface area contributed by atoms with Gasteiger partial charge in [-0.25, -0.2) is 0 Å². The summed E-state index contributed by atoms with van der Waals surface area (Å²) in [6.07, 6.45) is 3.59. The van der Waals surface area contributed by atoms with Gasteiger partial charge in [0.25, 0.3) is 0 Å². The first-order valence-electron chi connectivity index (χ1n) is 9.42. The third-order valence-electron chi connectivity index (χ3n) is 5.33. The van der Waals surface area contributed by atoms with E-state index in [2.05, 4.69) is 64.4 Å². The van der Waals surface area contributed by atoms with Gasteiger partial charge in [-0.1, -0.05) is 30.3 Å². The van der Waals surface area contributed by atoms with Gasteiger partial charge in [-0.3, -0.25) is 9.69 Å². The second-order valence-electron chi connectivity index (χ2n) is 7.11. The van der Waals surface area contributed by atoms with Gasteiger partial charge < -0.3 is 9.88 Å². The Hall–Kier alpha value is -2.37. The van der Waals surface area contributed by atoms with Crippen molar-refractivity contribution in [1.29, 1.82) is 0 Å². The number of thiophene rings is 1. The third-order valence-corrected chi connectivity index (χ3v) is 6.21. The smallest absolute Gasteiger partial charge is 0.225 e. The average Bonchev–Trinajstić information content (AvgIpc) is 3.34. The summed E-state index contributed by atoms with van der Waals surface area (Å²) in [6, 6.07) is 17.1. The van der Waals surface area contributed by atoms with Crippen molar-refractivity contribution >= 4 is 17.2 Å². The topological polar surface area (TPSA) is 37.3 Å². The molecule has 4 nitrogen and oxygen atoms in total. The molecule has 1 atom stereocenters. The van der Waals surface area contributed by atoms with Crippen LogP contribution in [0, 0.1) is 0 Å². The zero-order valence-electron chi connectivity index (χ0n) is 15.6. The molecule has 0 bridgehead atoms. The number of amides is 1. The molecule has 0 radical (unpaired) electrons. The highest BCUT2D eigenvalue weighted by atomic mass is 32.1. The lowest BCUT2D eigenvalue weighted by molar-refractivity contribution is -0.120. The number of carbonyl (C=O) groups is 1. The Balaban J connectivity index is 1.48. The molecule has 1 aromatic carbocycles. The summed E-state index contributed by atoms with van der Waals surface area (Å²) in [7, 11) is 2.08. The van der Waals surface area contributed by atoms with Gasteiger partial charge in [0.1, 0.15) is 0 Å². The van der Waals surface area contributed by atoms with Crippen molar-refractivity contribution in [2.75, 3.05) is 13.1 Å². The standard InChI is InChI=1S/C22H25N3OS/c1-24-11-4-9-20(24)21(15-23-22(26)14-19-8-5-13-27-19)25-12-10-17-6-2-3-7-18(17)16-25/h2-9,11,13,21H,10,12,14-16H2,1H3,(H,23,26)/t21-/m1/s1. The molecule has 0 saturated heterocycles. The van der Waals surface area contributed by atoms with E-state index < -0.39 is 0 Å². The molecule has 27 heavy (non-hydrogen) atoms. The number of aryl methyl sites for hydroxylation is 1. The van der Waals surface area contributed by atoms with E-state index in [0.717, 1.165) is 24.4 Å². The largest absolute Gasteiger partial charge is 0.354 e. The summed E-state index contributed by atoms with van der Waals surface area (Å²) >= 11 is 1.63. The molecule has 4 rings (SSSR count). The number of benzene rings is 1. The van der Waals surface area contributed by atoms with Gasteiger partial charge in [0, 0.05) is 43.4 Å². The maximum absolute atomic E-state index is 12.4. The molecule has 0 fully saturated rings. The third kappa shape index (κ3) is 4.15. The Morgan fingerprint density at radius 2 is 2.00 bits per heavy atom. The van der Waals surface area contributed by atoms with Gasteiger partial charge in [-0.15, -0.1) is 11.3 Å².